The summed E-state index contributed by atoms with van der Waals surface area (Å²) in [6, 6.07) is 18.1. The molecule has 0 bridgehead atoms. The summed E-state index contributed by atoms with van der Waals surface area (Å²) in [6.07, 6.45) is 2.24. The maximum Gasteiger partial charge on any atom is 0.188 e. The molecule has 0 amide bonds. The van der Waals surface area contributed by atoms with Crippen molar-refractivity contribution in [3.05, 3.63) is 65.7 Å². The van der Waals surface area contributed by atoms with E-state index in [1.807, 2.05) is 42.5 Å². The molecule has 0 heterocycles. The predicted molar refractivity (Wildman–Crippen MR) is 111 cm³/mol. The SMILES string of the molecule is CCCCNC(N)=NCc1ccc(OCc2ccccc2)cc1.I. The summed E-state index contributed by atoms with van der Waals surface area (Å²) in [6.45, 7) is 4.17. The Morgan fingerprint density at radius 1 is 1.04 bits per heavy atom. The van der Waals surface area contributed by atoms with Crippen LogP contribution in [0.15, 0.2) is 59.6 Å². The average Bonchev–Trinajstić information content (AvgIpc) is 2.60. The van der Waals surface area contributed by atoms with Crippen molar-refractivity contribution in [2.24, 2.45) is 10.7 Å². The third-order valence-corrected chi connectivity index (χ3v) is 3.44. The van der Waals surface area contributed by atoms with Crippen molar-refractivity contribution in [1.29, 1.82) is 0 Å². The minimum atomic E-state index is 0. The molecule has 5 heteroatoms. The molecule has 2 aromatic carbocycles. The lowest BCUT2D eigenvalue weighted by Crippen LogP contribution is -2.32. The van der Waals surface area contributed by atoms with Crippen molar-refractivity contribution in [2.45, 2.75) is 32.9 Å². The summed E-state index contributed by atoms with van der Waals surface area (Å²) < 4.78 is 5.77. The average molecular weight is 439 g/mol. The zero-order chi connectivity index (χ0) is 16.3. The number of guanidine groups is 1. The summed E-state index contributed by atoms with van der Waals surface area (Å²) in [5.41, 5.74) is 8.09. The number of nitrogens with zero attached hydrogens (tertiary/aromatic N) is 1. The van der Waals surface area contributed by atoms with Crippen molar-refractivity contribution in [3.63, 3.8) is 0 Å². The second kappa shape index (κ2) is 11.7. The molecule has 0 aromatic heterocycles. The molecule has 0 aliphatic rings. The van der Waals surface area contributed by atoms with Crippen molar-refractivity contribution < 1.29 is 4.74 Å². The molecule has 0 atom stereocenters. The zero-order valence-corrected chi connectivity index (χ0v) is 16.4. The molecule has 0 aliphatic carbocycles. The molecule has 2 aromatic rings. The highest BCUT2D eigenvalue weighted by Gasteiger charge is 1.97. The lowest BCUT2D eigenvalue weighted by Gasteiger charge is -2.07. The normalized spacial score (nSPS) is 10.8. The first-order valence-corrected chi connectivity index (χ1v) is 8.07. The van der Waals surface area contributed by atoms with Crippen molar-refractivity contribution in [1.82, 2.24) is 5.32 Å². The van der Waals surface area contributed by atoms with Gasteiger partial charge in [0.15, 0.2) is 5.96 Å². The molecule has 0 saturated carbocycles. The van der Waals surface area contributed by atoms with Crippen LogP contribution in [0.4, 0.5) is 0 Å². The highest BCUT2D eigenvalue weighted by atomic mass is 127. The van der Waals surface area contributed by atoms with Crippen LogP contribution < -0.4 is 15.8 Å². The fraction of sp³-hybridized carbons (Fsp3) is 0.316. The molecule has 3 N–H and O–H groups in total. The van der Waals surface area contributed by atoms with Crippen LogP contribution in [0.2, 0.25) is 0 Å². The zero-order valence-electron chi connectivity index (χ0n) is 14.1. The molecule has 4 nitrogen and oxygen atoms in total. The maximum atomic E-state index is 5.82. The fourth-order valence-corrected chi connectivity index (χ4v) is 2.06. The Morgan fingerprint density at radius 2 is 1.75 bits per heavy atom. The molecular weight excluding hydrogens is 413 g/mol. The van der Waals surface area contributed by atoms with Crippen LogP contribution in [0.5, 0.6) is 5.75 Å². The number of rotatable bonds is 8. The number of ether oxygens (including phenoxy) is 1. The molecule has 130 valence electrons. The van der Waals surface area contributed by atoms with Gasteiger partial charge < -0.3 is 15.8 Å². The van der Waals surface area contributed by atoms with E-state index in [9.17, 15) is 0 Å². The summed E-state index contributed by atoms with van der Waals surface area (Å²) >= 11 is 0. The van der Waals surface area contributed by atoms with Crippen molar-refractivity contribution in [2.75, 3.05) is 6.54 Å². The molecular formula is C19H26IN3O. The molecule has 0 spiro atoms. The fourth-order valence-electron chi connectivity index (χ4n) is 2.06. The van der Waals surface area contributed by atoms with Gasteiger partial charge in [-0.15, -0.1) is 24.0 Å². The minimum absolute atomic E-state index is 0. The van der Waals surface area contributed by atoms with Crippen LogP contribution >= 0.6 is 24.0 Å². The summed E-state index contributed by atoms with van der Waals surface area (Å²) in [4.78, 5) is 4.33. The molecule has 0 saturated heterocycles. The number of hydrogen-bond acceptors (Lipinski definition) is 2. The Hall–Kier alpha value is -1.76. The van der Waals surface area contributed by atoms with E-state index in [1.165, 1.54) is 0 Å². The van der Waals surface area contributed by atoms with E-state index >= 15 is 0 Å². The highest BCUT2D eigenvalue weighted by Crippen LogP contribution is 2.14. The summed E-state index contributed by atoms with van der Waals surface area (Å²) in [5, 5.41) is 3.11. The second-order valence-electron chi connectivity index (χ2n) is 5.40. The smallest absolute Gasteiger partial charge is 0.188 e. The molecule has 0 aliphatic heterocycles. The Balaban J connectivity index is 0.00000288. The molecule has 0 fully saturated rings. The van der Waals surface area contributed by atoms with Crippen LogP contribution in [-0.4, -0.2) is 12.5 Å². The van der Waals surface area contributed by atoms with Crippen LogP contribution in [0.1, 0.15) is 30.9 Å². The van der Waals surface area contributed by atoms with E-state index in [0.29, 0.717) is 19.1 Å². The molecule has 2 rings (SSSR count). The summed E-state index contributed by atoms with van der Waals surface area (Å²) in [7, 11) is 0. The third-order valence-electron chi connectivity index (χ3n) is 3.44. The first-order chi connectivity index (χ1) is 11.3. The van der Waals surface area contributed by atoms with E-state index < -0.39 is 0 Å². The van der Waals surface area contributed by atoms with Gasteiger partial charge in [-0.25, -0.2) is 4.99 Å². The van der Waals surface area contributed by atoms with E-state index in [-0.39, 0.29) is 24.0 Å². The lowest BCUT2D eigenvalue weighted by molar-refractivity contribution is 0.306. The minimum Gasteiger partial charge on any atom is -0.489 e. The van der Waals surface area contributed by atoms with E-state index in [2.05, 4.69) is 29.4 Å². The van der Waals surface area contributed by atoms with Crippen LogP contribution in [0.25, 0.3) is 0 Å². The summed E-state index contributed by atoms with van der Waals surface area (Å²) in [5.74, 6) is 1.36. The van der Waals surface area contributed by atoms with Gasteiger partial charge in [-0.3, -0.25) is 0 Å². The number of hydrogen-bond donors (Lipinski definition) is 2. The van der Waals surface area contributed by atoms with Crippen molar-refractivity contribution in [3.8, 4) is 5.75 Å². The van der Waals surface area contributed by atoms with Gasteiger partial charge in [-0.05, 0) is 29.7 Å². The van der Waals surface area contributed by atoms with Crippen LogP contribution in [0, 0.1) is 0 Å². The second-order valence-corrected chi connectivity index (χ2v) is 5.40. The lowest BCUT2D eigenvalue weighted by atomic mass is 10.2. The van der Waals surface area contributed by atoms with Gasteiger partial charge in [0.05, 0.1) is 6.54 Å². The molecule has 24 heavy (non-hydrogen) atoms. The van der Waals surface area contributed by atoms with Crippen LogP contribution in [-0.2, 0) is 13.2 Å². The number of halogens is 1. The van der Waals surface area contributed by atoms with Gasteiger partial charge in [0.2, 0.25) is 0 Å². The first-order valence-electron chi connectivity index (χ1n) is 8.07. The van der Waals surface area contributed by atoms with Gasteiger partial charge in [0.25, 0.3) is 0 Å². The maximum absolute atomic E-state index is 5.82. The topological polar surface area (TPSA) is 59.6 Å². The largest absolute Gasteiger partial charge is 0.489 e. The van der Waals surface area contributed by atoms with E-state index in [4.69, 9.17) is 10.5 Å². The predicted octanol–water partition coefficient (Wildman–Crippen LogP) is 4.09. The molecule has 0 unspecified atom stereocenters. The standard InChI is InChI=1S/C19H25N3O.HI/c1-2-3-13-21-19(20)22-14-16-9-11-18(12-10-16)23-15-17-7-5-4-6-8-17;/h4-12H,2-3,13-15H2,1H3,(H3,20,21,22);1H. The number of aliphatic imine (C=N–C) groups is 1. The Kier molecular flexibility index (Phi) is 9.91. The molecule has 0 radical (unpaired) electrons. The monoisotopic (exact) mass is 439 g/mol. The number of nitrogens with two attached hydrogens (primary N) is 1. The van der Waals surface area contributed by atoms with Gasteiger partial charge in [-0.1, -0.05) is 55.8 Å². The van der Waals surface area contributed by atoms with Gasteiger partial charge >= 0.3 is 0 Å². The highest BCUT2D eigenvalue weighted by molar-refractivity contribution is 14.0. The number of benzene rings is 2. The first kappa shape index (κ1) is 20.3. The Bertz CT molecular complexity index is 600. The van der Waals surface area contributed by atoms with E-state index in [1.54, 1.807) is 0 Å². The van der Waals surface area contributed by atoms with Gasteiger partial charge in [0.1, 0.15) is 12.4 Å². The van der Waals surface area contributed by atoms with Gasteiger partial charge in [0, 0.05) is 6.54 Å². The third kappa shape index (κ3) is 7.68. The van der Waals surface area contributed by atoms with Crippen molar-refractivity contribution >= 4 is 29.9 Å². The van der Waals surface area contributed by atoms with Crippen LogP contribution in [0.3, 0.4) is 0 Å². The quantitative estimate of drug-likeness (QED) is 0.282. The number of unbranched alkanes of at least 4 members (excludes halogenated alkanes) is 1. The Morgan fingerprint density at radius 3 is 2.42 bits per heavy atom. The Labute approximate surface area is 161 Å². The number of nitrogens with one attached hydrogen (secondary N) is 1. The van der Waals surface area contributed by atoms with E-state index in [0.717, 1.165) is 36.3 Å². The van der Waals surface area contributed by atoms with Gasteiger partial charge in [-0.2, -0.15) is 0 Å².